The Balaban J connectivity index is 1.85. The van der Waals surface area contributed by atoms with Crippen molar-refractivity contribution in [3.63, 3.8) is 0 Å². The second-order valence-corrected chi connectivity index (χ2v) is 6.65. The molecule has 21 heavy (non-hydrogen) atoms. The van der Waals surface area contributed by atoms with E-state index in [0.29, 0.717) is 5.56 Å². The molecule has 0 saturated heterocycles. The van der Waals surface area contributed by atoms with Gasteiger partial charge in [-0.2, -0.15) is 5.26 Å². The molecular weight excluding hydrogens is 282 g/mol. The Morgan fingerprint density at radius 3 is 2.57 bits per heavy atom. The predicted molar refractivity (Wildman–Crippen MR) is 83.3 cm³/mol. The minimum absolute atomic E-state index is 0.0223. The average molecular weight is 297 g/mol. The molecule has 2 aromatic rings. The van der Waals surface area contributed by atoms with Crippen molar-refractivity contribution >= 4 is 28.5 Å². The number of rotatable bonds is 5. The molecule has 0 aromatic heterocycles. The van der Waals surface area contributed by atoms with E-state index in [9.17, 15) is 10.1 Å². The van der Waals surface area contributed by atoms with E-state index in [0.717, 1.165) is 34.3 Å². The van der Waals surface area contributed by atoms with Crippen molar-refractivity contribution in [2.45, 2.75) is 24.2 Å². The molecule has 1 saturated carbocycles. The molecule has 0 amide bonds. The van der Waals surface area contributed by atoms with Gasteiger partial charge in [0.2, 0.25) is 0 Å². The quantitative estimate of drug-likeness (QED) is 0.845. The maximum Gasteiger partial charge on any atom is 0.303 e. The first-order valence-corrected chi connectivity index (χ1v) is 7.89. The van der Waals surface area contributed by atoms with E-state index in [2.05, 4.69) is 6.07 Å². The lowest BCUT2D eigenvalue weighted by molar-refractivity contribution is -0.138. The highest BCUT2D eigenvalue weighted by Crippen LogP contribution is 2.52. The molecule has 0 atom stereocenters. The van der Waals surface area contributed by atoms with Gasteiger partial charge in [-0.15, -0.1) is 11.8 Å². The number of aliphatic carboxylic acids is 1. The summed E-state index contributed by atoms with van der Waals surface area (Å²) in [7, 11) is 0. The van der Waals surface area contributed by atoms with Gasteiger partial charge in [-0.3, -0.25) is 4.79 Å². The van der Waals surface area contributed by atoms with Crippen molar-refractivity contribution in [1.82, 2.24) is 0 Å². The molecule has 0 spiro atoms. The van der Waals surface area contributed by atoms with Crippen LogP contribution in [-0.2, 0) is 4.79 Å². The minimum Gasteiger partial charge on any atom is -0.481 e. The van der Waals surface area contributed by atoms with Crippen LogP contribution in [0.25, 0.3) is 10.8 Å². The standard InChI is InChI=1S/C17H15NO2S/c18-10-12-5-6-15(14-4-2-1-3-13(12)14)21-11-17(7-8-17)9-16(19)20/h1-6H,7-9,11H2,(H,19,20). The summed E-state index contributed by atoms with van der Waals surface area (Å²) in [5.41, 5.74) is 0.660. The first kappa shape index (κ1) is 14.0. The van der Waals surface area contributed by atoms with Crippen LogP contribution in [0, 0.1) is 16.7 Å². The van der Waals surface area contributed by atoms with Crippen molar-refractivity contribution in [2.24, 2.45) is 5.41 Å². The van der Waals surface area contributed by atoms with Crippen LogP contribution < -0.4 is 0 Å². The number of carbonyl (C=O) groups is 1. The second-order valence-electron chi connectivity index (χ2n) is 5.63. The lowest BCUT2D eigenvalue weighted by Gasteiger charge is -2.13. The zero-order chi connectivity index (χ0) is 14.9. The van der Waals surface area contributed by atoms with Crippen molar-refractivity contribution in [1.29, 1.82) is 5.26 Å². The number of thioether (sulfide) groups is 1. The molecule has 2 aromatic carbocycles. The predicted octanol–water partition coefficient (Wildman–Crippen LogP) is 4.06. The van der Waals surface area contributed by atoms with Gasteiger partial charge in [-0.05, 0) is 35.8 Å². The van der Waals surface area contributed by atoms with Crippen LogP contribution in [0.5, 0.6) is 0 Å². The highest BCUT2D eigenvalue weighted by Gasteiger charge is 2.44. The van der Waals surface area contributed by atoms with Crippen LogP contribution >= 0.6 is 11.8 Å². The highest BCUT2D eigenvalue weighted by atomic mass is 32.2. The van der Waals surface area contributed by atoms with E-state index in [1.54, 1.807) is 11.8 Å². The number of hydrogen-bond acceptors (Lipinski definition) is 3. The van der Waals surface area contributed by atoms with E-state index in [4.69, 9.17) is 5.11 Å². The smallest absolute Gasteiger partial charge is 0.303 e. The Morgan fingerprint density at radius 1 is 1.24 bits per heavy atom. The lowest BCUT2D eigenvalue weighted by Crippen LogP contribution is -2.10. The maximum atomic E-state index is 10.9. The molecule has 1 aliphatic rings. The number of benzene rings is 2. The van der Waals surface area contributed by atoms with Gasteiger partial charge in [-0.1, -0.05) is 24.3 Å². The van der Waals surface area contributed by atoms with Gasteiger partial charge < -0.3 is 5.11 Å². The van der Waals surface area contributed by atoms with E-state index in [1.165, 1.54) is 0 Å². The molecule has 4 heteroatoms. The molecule has 0 heterocycles. The van der Waals surface area contributed by atoms with Gasteiger partial charge in [0, 0.05) is 16.0 Å². The van der Waals surface area contributed by atoms with Crippen LogP contribution in [0.15, 0.2) is 41.3 Å². The Morgan fingerprint density at radius 2 is 1.95 bits per heavy atom. The molecule has 0 unspecified atom stereocenters. The normalized spacial score (nSPS) is 15.6. The number of carboxylic acids is 1. The molecule has 1 fully saturated rings. The Bertz CT molecular complexity index is 744. The zero-order valence-corrected chi connectivity index (χ0v) is 12.3. The van der Waals surface area contributed by atoms with Gasteiger partial charge in [0.1, 0.15) is 0 Å². The van der Waals surface area contributed by atoms with Gasteiger partial charge in [0.05, 0.1) is 18.1 Å². The molecule has 0 aliphatic heterocycles. The third-order valence-electron chi connectivity index (χ3n) is 4.02. The number of nitrogens with zero attached hydrogens (tertiary/aromatic N) is 1. The largest absolute Gasteiger partial charge is 0.481 e. The topological polar surface area (TPSA) is 61.1 Å². The summed E-state index contributed by atoms with van der Waals surface area (Å²) >= 11 is 1.71. The molecule has 1 aliphatic carbocycles. The molecule has 106 valence electrons. The summed E-state index contributed by atoms with van der Waals surface area (Å²) in [6.07, 6.45) is 2.26. The van der Waals surface area contributed by atoms with Crippen LogP contribution in [0.2, 0.25) is 0 Å². The molecule has 1 N–H and O–H groups in total. The van der Waals surface area contributed by atoms with Crippen LogP contribution in [-0.4, -0.2) is 16.8 Å². The SMILES string of the molecule is N#Cc1ccc(SCC2(CC(=O)O)CC2)c2ccccc12. The Kier molecular flexibility index (Phi) is 3.60. The molecule has 0 bridgehead atoms. The fourth-order valence-corrected chi connectivity index (χ4v) is 3.95. The summed E-state index contributed by atoms with van der Waals surface area (Å²) in [6.45, 7) is 0. The number of fused-ring (bicyclic) bond motifs is 1. The number of carboxylic acid groups (broad SMARTS) is 1. The third-order valence-corrected chi connectivity index (χ3v) is 5.45. The zero-order valence-electron chi connectivity index (χ0n) is 11.5. The van der Waals surface area contributed by atoms with Gasteiger partial charge in [-0.25, -0.2) is 0 Å². The minimum atomic E-state index is -0.710. The average Bonchev–Trinajstić information content (AvgIpc) is 3.23. The Labute approximate surface area is 127 Å². The molecule has 3 nitrogen and oxygen atoms in total. The van der Waals surface area contributed by atoms with E-state index in [-0.39, 0.29) is 11.8 Å². The van der Waals surface area contributed by atoms with Crippen molar-refractivity contribution < 1.29 is 9.90 Å². The van der Waals surface area contributed by atoms with Crippen LogP contribution in [0.1, 0.15) is 24.8 Å². The fourth-order valence-electron chi connectivity index (χ4n) is 2.60. The third kappa shape index (κ3) is 2.88. The molecular formula is C17H15NO2S. The maximum absolute atomic E-state index is 10.9. The molecule has 3 rings (SSSR count). The van der Waals surface area contributed by atoms with Crippen LogP contribution in [0.4, 0.5) is 0 Å². The number of nitriles is 1. The van der Waals surface area contributed by atoms with Crippen molar-refractivity contribution in [3.05, 3.63) is 42.0 Å². The highest BCUT2D eigenvalue weighted by molar-refractivity contribution is 7.99. The monoisotopic (exact) mass is 297 g/mol. The van der Waals surface area contributed by atoms with Gasteiger partial charge in [0.25, 0.3) is 0 Å². The van der Waals surface area contributed by atoms with Crippen molar-refractivity contribution in [3.8, 4) is 6.07 Å². The Hall–Kier alpha value is -1.99. The first-order chi connectivity index (χ1) is 10.1. The summed E-state index contributed by atoms with van der Waals surface area (Å²) < 4.78 is 0. The summed E-state index contributed by atoms with van der Waals surface area (Å²) in [5.74, 6) is 0.118. The van der Waals surface area contributed by atoms with Gasteiger partial charge in [0.15, 0.2) is 0 Å². The molecule has 0 radical (unpaired) electrons. The lowest BCUT2D eigenvalue weighted by atomic mass is 10.1. The summed E-state index contributed by atoms with van der Waals surface area (Å²) in [4.78, 5) is 12.0. The van der Waals surface area contributed by atoms with E-state index in [1.807, 2.05) is 36.4 Å². The van der Waals surface area contributed by atoms with Crippen LogP contribution in [0.3, 0.4) is 0 Å². The van der Waals surface area contributed by atoms with Gasteiger partial charge >= 0.3 is 5.97 Å². The second kappa shape index (κ2) is 5.42. The first-order valence-electron chi connectivity index (χ1n) is 6.90. The van der Waals surface area contributed by atoms with Crippen molar-refractivity contribution in [2.75, 3.05) is 5.75 Å². The van der Waals surface area contributed by atoms with E-state index < -0.39 is 5.97 Å². The summed E-state index contributed by atoms with van der Waals surface area (Å²) in [5, 5.41) is 20.2. The fraction of sp³-hybridized carbons (Fsp3) is 0.294. The van der Waals surface area contributed by atoms with E-state index >= 15 is 0 Å². The summed E-state index contributed by atoms with van der Waals surface area (Å²) in [6, 6.07) is 13.9. The number of hydrogen-bond donors (Lipinski definition) is 1.